The minimum absolute atomic E-state index is 0.0184. The molecule has 1 amide bonds. The molecular formula is C22H33N3O4S. The zero-order chi connectivity index (χ0) is 21.6. The van der Waals surface area contributed by atoms with Crippen molar-refractivity contribution >= 4 is 23.6 Å². The van der Waals surface area contributed by atoms with Gasteiger partial charge in [0.1, 0.15) is 0 Å². The highest BCUT2D eigenvalue weighted by Crippen LogP contribution is 2.51. The Hall–Kier alpha value is -1.35. The van der Waals surface area contributed by atoms with Crippen LogP contribution in [-0.4, -0.2) is 83.0 Å². The Kier molecular flexibility index (Phi) is 6.05. The minimum atomic E-state index is -1.30. The summed E-state index contributed by atoms with van der Waals surface area (Å²) < 4.78 is 1.12. The first-order valence-electron chi connectivity index (χ1n) is 11.1. The van der Waals surface area contributed by atoms with Crippen LogP contribution >= 0.6 is 11.8 Å². The number of carboxylic acid groups (broad SMARTS) is 1. The number of carboxylic acids is 1. The Bertz CT molecular complexity index is 774. The molecule has 0 bridgehead atoms. The molecule has 6 atom stereocenters. The monoisotopic (exact) mass is 435 g/mol. The number of hydrogen-bond acceptors (Lipinski definition) is 6. The number of nitrogens with one attached hydrogen (secondary N) is 1. The zero-order valence-corrected chi connectivity index (χ0v) is 18.9. The molecule has 4 heterocycles. The number of hydrogen-bond donors (Lipinski definition) is 2. The van der Waals surface area contributed by atoms with E-state index in [-0.39, 0.29) is 28.8 Å². The molecule has 8 heteroatoms. The lowest BCUT2D eigenvalue weighted by atomic mass is 9.79. The van der Waals surface area contributed by atoms with Gasteiger partial charge in [-0.05, 0) is 19.4 Å². The molecule has 4 rings (SSSR count). The van der Waals surface area contributed by atoms with Crippen molar-refractivity contribution < 1.29 is 24.3 Å². The molecule has 0 aromatic heterocycles. The average molecular weight is 436 g/mol. The van der Waals surface area contributed by atoms with Crippen molar-refractivity contribution in [1.82, 2.24) is 10.2 Å². The molecule has 30 heavy (non-hydrogen) atoms. The van der Waals surface area contributed by atoms with Gasteiger partial charge in [-0.1, -0.05) is 13.0 Å². The van der Waals surface area contributed by atoms with E-state index in [1.165, 1.54) is 30.8 Å². The van der Waals surface area contributed by atoms with E-state index in [2.05, 4.69) is 24.5 Å². The molecule has 0 aliphatic carbocycles. The number of quaternary nitrogens is 1. The van der Waals surface area contributed by atoms with Crippen LogP contribution in [-0.2, 0) is 9.59 Å². The third-order valence-electron chi connectivity index (χ3n) is 7.28. The van der Waals surface area contributed by atoms with Crippen LogP contribution < -0.4 is 10.4 Å². The van der Waals surface area contributed by atoms with Gasteiger partial charge in [-0.15, -0.1) is 11.8 Å². The number of aliphatic hydroxyl groups is 1. The van der Waals surface area contributed by atoms with Crippen LogP contribution in [0, 0.1) is 11.8 Å². The number of aliphatic carboxylic acids is 1. The van der Waals surface area contributed by atoms with Crippen LogP contribution in [0.3, 0.4) is 0 Å². The molecule has 2 N–H and O–H groups in total. The number of fused-ring (bicyclic) bond motifs is 1. The molecule has 166 valence electrons. The fourth-order valence-electron chi connectivity index (χ4n) is 5.58. The maximum absolute atomic E-state index is 12.4. The molecule has 0 unspecified atom stereocenters. The van der Waals surface area contributed by atoms with Gasteiger partial charge in [0, 0.05) is 41.5 Å². The molecule has 0 aromatic carbocycles. The van der Waals surface area contributed by atoms with Crippen LogP contribution in [0.25, 0.3) is 0 Å². The number of β-lactam (4-membered cyclic amide) rings is 1. The Morgan fingerprint density at radius 3 is 2.77 bits per heavy atom. The maximum atomic E-state index is 12.4. The van der Waals surface area contributed by atoms with Crippen LogP contribution in [0.15, 0.2) is 22.8 Å². The summed E-state index contributed by atoms with van der Waals surface area (Å²) in [5.41, 5.74) is 0.0184. The summed E-state index contributed by atoms with van der Waals surface area (Å²) in [5, 5.41) is 25.6. The largest absolute Gasteiger partial charge is 0.543 e. The van der Waals surface area contributed by atoms with Crippen molar-refractivity contribution in [3.8, 4) is 0 Å². The maximum Gasteiger partial charge on any atom is 0.235 e. The molecule has 4 aliphatic rings. The third kappa shape index (κ3) is 3.83. The summed E-state index contributed by atoms with van der Waals surface area (Å²) in [6.07, 6.45) is 7.33. The highest BCUT2D eigenvalue weighted by atomic mass is 32.2. The molecule has 7 nitrogen and oxygen atoms in total. The van der Waals surface area contributed by atoms with Gasteiger partial charge < -0.3 is 29.7 Å². The van der Waals surface area contributed by atoms with Crippen molar-refractivity contribution in [3.05, 3.63) is 22.8 Å². The van der Waals surface area contributed by atoms with Crippen molar-refractivity contribution in [3.63, 3.8) is 0 Å². The number of aliphatic hydroxyl groups excluding tert-OH is 1. The average Bonchev–Trinajstić information content (AvgIpc) is 3.35. The highest BCUT2D eigenvalue weighted by molar-refractivity contribution is 8.03. The number of amides is 1. The van der Waals surface area contributed by atoms with E-state index >= 15 is 0 Å². The molecule has 4 aliphatic heterocycles. The number of likely N-dealkylation sites (N-methyl/N-ethyl adjacent to an activating group) is 1. The highest BCUT2D eigenvalue weighted by Gasteiger charge is 2.58. The van der Waals surface area contributed by atoms with Gasteiger partial charge in [-0.3, -0.25) is 4.79 Å². The zero-order valence-electron chi connectivity index (χ0n) is 18.0. The van der Waals surface area contributed by atoms with Gasteiger partial charge in [0.2, 0.25) is 5.91 Å². The first-order valence-corrected chi connectivity index (χ1v) is 12.0. The van der Waals surface area contributed by atoms with Crippen LogP contribution in [0.5, 0.6) is 0 Å². The van der Waals surface area contributed by atoms with E-state index in [0.29, 0.717) is 6.04 Å². The molecular weight excluding hydrogens is 402 g/mol. The molecule has 0 spiro atoms. The summed E-state index contributed by atoms with van der Waals surface area (Å²) in [6, 6.07) is 0.0205. The normalized spacial score (nSPS) is 36.5. The van der Waals surface area contributed by atoms with E-state index in [1.54, 1.807) is 18.7 Å². The first-order chi connectivity index (χ1) is 14.2. The summed E-state index contributed by atoms with van der Waals surface area (Å²) in [7, 11) is 2.32. The van der Waals surface area contributed by atoms with Gasteiger partial charge in [0.15, 0.2) is 0 Å². The predicted octanol–water partition coefficient (Wildman–Crippen LogP) is 0.0657. The van der Waals surface area contributed by atoms with Gasteiger partial charge in [0.25, 0.3) is 0 Å². The smallest absolute Gasteiger partial charge is 0.235 e. The Morgan fingerprint density at radius 1 is 1.43 bits per heavy atom. The van der Waals surface area contributed by atoms with Crippen LogP contribution in [0.4, 0.5) is 0 Å². The molecule has 3 saturated heterocycles. The standard InChI is InChI=1S/C22H33N3O4S/c1-13-18-17(14(2)26)21(27)24(18)19(22(28)29)20(13)30-16-11-15(23-12-16)7-6-10-25(3)8-4-5-9-25/h6-7,13-18,23,26H,4-5,8-12H2,1-3H3/b7-6+/t13-,14-,15-,16+,17-,18-/m1/s1. The van der Waals surface area contributed by atoms with Crippen molar-refractivity contribution in [2.45, 2.75) is 56.5 Å². The van der Waals surface area contributed by atoms with E-state index in [4.69, 9.17) is 0 Å². The second-order valence-electron chi connectivity index (χ2n) is 9.63. The van der Waals surface area contributed by atoms with Crippen molar-refractivity contribution in [2.24, 2.45) is 11.8 Å². The number of carbonyl (C=O) groups is 2. The van der Waals surface area contributed by atoms with E-state index in [0.717, 1.165) is 28.9 Å². The van der Waals surface area contributed by atoms with Gasteiger partial charge in [0.05, 0.1) is 56.4 Å². The quantitative estimate of drug-likeness (QED) is 0.334. The SMILES string of the molecule is C[C@@H](O)[C@H]1C(=O)N2C(C(=O)[O-])=C(S[C@@H]3CN[C@H](/C=C/C[N+]4(C)CCCC4)C3)[C@H](C)[C@H]12. The lowest BCUT2D eigenvalue weighted by Gasteiger charge is -2.47. The van der Waals surface area contributed by atoms with Gasteiger partial charge >= 0.3 is 0 Å². The minimum Gasteiger partial charge on any atom is -0.543 e. The number of nitrogens with zero attached hydrogens (tertiary/aromatic N) is 2. The number of rotatable bonds is 7. The number of thioether (sulfide) groups is 1. The van der Waals surface area contributed by atoms with Crippen LogP contribution in [0.2, 0.25) is 0 Å². The van der Waals surface area contributed by atoms with Crippen molar-refractivity contribution in [2.75, 3.05) is 33.2 Å². The summed E-state index contributed by atoms with van der Waals surface area (Å²) in [4.78, 5) is 26.4. The Balaban J connectivity index is 1.39. The van der Waals surface area contributed by atoms with E-state index < -0.39 is 18.0 Å². The topological polar surface area (TPSA) is 92.7 Å². The fraction of sp³-hybridized carbons (Fsp3) is 0.727. The van der Waals surface area contributed by atoms with Crippen LogP contribution in [0.1, 0.15) is 33.1 Å². The molecule has 0 aromatic rings. The second-order valence-corrected chi connectivity index (χ2v) is 11.0. The van der Waals surface area contributed by atoms with E-state index in [1.807, 2.05) is 6.92 Å². The lowest BCUT2D eigenvalue weighted by Crippen LogP contribution is -2.64. The molecule has 3 fully saturated rings. The summed E-state index contributed by atoms with van der Waals surface area (Å²) in [6.45, 7) is 7.93. The van der Waals surface area contributed by atoms with E-state index in [9.17, 15) is 19.8 Å². The van der Waals surface area contributed by atoms with Gasteiger partial charge in [-0.25, -0.2) is 0 Å². The number of likely N-dealkylation sites (tertiary alicyclic amines) is 1. The first kappa shape index (κ1) is 21.9. The lowest BCUT2D eigenvalue weighted by molar-refractivity contribution is -0.891. The predicted molar refractivity (Wildman–Crippen MR) is 114 cm³/mol. The second kappa shape index (κ2) is 8.30. The Morgan fingerprint density at radius 2 is 2.13 bits per heavy atom. The molecule has 0 radical (unpaired) electrons. The number of carbonyl (C=O) groups excluding carboxylic acids is 2. The third-order valence-corrected chi connectivity index (χ3v) is 8.79. The fourth-order valence-corrected chi connectivity index (χ4v) is 7.07. The van der Waals surface area contributed by atoms with Gasteiger partial charge in [-0.2, -0.15) is 0 Å². The van der Waals surface area contributed by atoms with Crippen molar-refractivity contribution in [1.29, 1.82) is 0 Å². The summed E-state index contributed by atoms with van der Waals surface area (Å²) >= 11 is 1.57. The molecule has 0 saturated carbocycles. The summed E-state index contributed by atoms with van der Waals surface area (Å²) in [5.74, 6) is -2.23. The Labute approximate surface area is 182 Å².